The third kappa shape index (κ3) is 2.97. The lowest BCUT2D eigenvalue weighted by Crippen LogP contribution is -2.46. The van der Waals surface area contributed by atoms with Crippen LogP contribution in [0.15, 0.2) is 17.0 Å². The van der Waals surface area contributed by atoms with Crippen LogP contribution in [0.3, 0.4) is 0 Å². The van der Waals surface area contributed by atoms with Gasteiger partial charge in [0.2, 0.25) is 10.0 Å². The standard InChI is InChI=1S/C14H22N2O2S2/c1-10-7-12(8-13(15)11(10)2)20(17,18)16-5-6-19-14(3,4)9-16/h7-8H,5-6,9,15H2,1-4H3. The van der Waals surface area contributed by atoms with Crippen LogP contribution < -0.4 is 5.73 Å². The van der Waals surface area contributed by atoms with E-state index in [0.29, 0.717) is 23.7 Å². The second-order valence-electron chi connectivity index (χ2n) is 5.90. The van der Waals surface area contributed by atoms with E-state index in [0.717, 1.165) is 16.9 Å². The molecule has 0 bridgehead atoms. The van der Waals surface area contributed by atoms with Gasteiger partial charge < -0.3 is 5.73 Å². The number of nitrogens with two attached hydrogens (primary N) is 1. The predicted molar refractivity (Wildman–Crippen MR) is 85.6 cm³/mol. The fourth-order valence-electron chi connectivity index (χ4n) is 2.33. The summed E-state index contributed by atoms with van der Waals surface area (Å²) in [5.74, 6) is 0.826. The molecule has 0 amide bonds. The lowest BCUT2D eigenvalue weighted by atomic mass is 10.1. The Bertz CT molecular complexity index is 601. The van der Waals surface area contributed by atoms with Crippen molar-refractivity contribution in [2.45, 2.75) is 37.3 Å². The fourth-order valence-corrected chi connectivity index (χ4v) is 5.36. The molecule has 4 nitrogen and oxygen atoms in total. The number of hydrogen-bond donors (Lipinski definition) is 1. The SMILES string of the molecule is Cc1cc(S(=O)(=O)N2CCSC(C)(C)C2)cc(N)c1C. The molecule has 0 unspecified atom stereocenters. The van der Waals surface area contributed by atoms with E-state index in [9.17, 15) is 8.42 Å². The number of nitrogens with zero attached hydrogens (tertiary/aromatic N) is 1. The monoisotopic (exact) mass is 314 g/mol. The van der Waals surface area contributed by atoms with Gasteiger partial charge in [0.25, 0.3) is 0 Å². The molecular formula is C14H22N2O2S2. The van der Waals surface area contributed by atoms with Gasteiger partial charge in [0.05, 0.1) is 4.90 Å². The van der Waals surface area contributed by atoms with Crippen LogP contribution in [0.25, 0.3) is 0 Å². The van der Waals surface area contributed by atoms with Gasteiger partial charge in [-0.25, -0.2) is 8.42 Å². The van der Waals surface area contributed by atoms with Crippen LogP contribution >= 0.6 is 11.8 Å². The van der Waals surface area contributed by atoms with Gasteiger partial charge in [-0.15, -0.1) is 0 Å². The molecule has 1 aliphatic heterocycles. The zero-order valence-corrected chi connectivity index (χ0v) is 14.1. The molecule has 1 aromatic carbocycles. The van der Waals surface area contributed by atoms with Crippen molar-refractivity contribution in [3.05, 3.63) is 23.3 Å². The quantitative estimate of drug-likeness (QED) is 0.852. The molecule has 112 valence electrons. The molecule has 2 N–H and O–H groups in total. The summed E-state index contributed by atoms with van der Waals surface area (Å²) in [4.78, 5) is 0.306. The summed E-state index contributed by atoms with van der Waals surface area (Å²) >= 11 is 1.81. The molecule has 1 heterocycles. The van der Waals surface area contributed by atoms with Crippen molar-refractivity contribution in [1.82, 2.24) is 4.31 Å². The van der Waals surface area contributed by atoms with Crippen LogP contribution in [0.1, 0.15) is 25.0 Å². The Labute approximate surface area is 125 Å². The van der Waals surface area contributed by atoms with Crippen molar-refractivity contribution in [1.29, 1.82) is 0 Å². The highest BCUT2D eigenvalue weighted by atomic mass is 32.2. The number of benzene rings is 1. The number of aryl methyl sites for hydroxylation is 1. The minimum Gasteiger partial charge on any atom is -0.398 e. The molecular weight excluding hydrogens is 292 g/mol. The van der Waals surface area contributed by atoms with Gasteiger partial charge in [-0.3, -0.25) is 0 Å². The Morgan fingerprint density at radius 1 is 1.30 bits per heavy atom. The predicted octanol–water partition coefficient (Wildman–Crippen LogP) is 2.40. The Hall–Kier alpha value is -0.720. The van der Waals surface area contributed by atoms with E-state index in [1.54, 1.807) is 16.4 Å². The van der Waals surface area contributed by atoms with E-state index in [-0.39, 0.29) is 4.75 Å². The van der Waals surface area contributed by atoms with E-state index in [2.05, 4.69) is 13.8 Å². The van der Waals surface area contributed by atoms with Crippen molar-refractivity contribution < 1.29 is 8.42 Å². The number of sulfonamides is 1. The van der Waals surface area contributed by atoms with Gasteiger partial charge in [-0.1, -0.05) is 0 Å². The highest BCUT2D eigenvalue weighted by Gasteiger charge is 2.34. The molecule has 1 aromatic rings. The molecule has 0 aliphatic carbocycles. The van der Waals surface area contributed by atoms with Crippen LogP contribution in [-0.4, -0.2) is 36.3 Å². The highest BCUT2D eigenvalue weighted by molar-refractivity contribution is 8.00. The van der Waals surface area contributed by atoms with Crippen molar-refractivity contribution in [2.75, 3.05) is 24.6 Å². The van der Waals surface area contributed by atoms with Crippen molar-refractivity contribution in [2.24, 2.45) is 0 Å². The fraction of sp³-hybridized carbons (Fsp3) is 0.571. The highest BCUT2D eigenvalue weighted by Crippen LogP contribution is 2.33. The Kier molecular flexibility index (Phi) is 4.10. The zero-order valence-electron chi connectivity index (χ0n) is 12.4. The second-order valence-corrected chi connectivity index (χ2v) is 9.64. The molecule has 1 aliphatic rings. The molecule has 1 fully saturated rings. The maximum absolute atomic E-state index is 12.8. The van der Waals surface area contributed by atoms with Crippen LogP contribution in [-0.2, 0) is 10.0 Å². The third-order valence-electron chi connectivity index (χ3n) is 3.71. The van der Waals surface area contributed by atoms with E-state index < -0.39 is 10.0 Å². The Morgan fingerprint density at radius 2 is 1.95 bits per heavy atom. The van der Waals surface area contributed by atoms with Crippen LogP contribution in [0.5, 0.6) is 0 Å². The lowest BCUT2D eigenvalue weighted by molar-refractivity contribution is 0.387. The maximum Gasteiger partial charge on any atom is 0.243 e. The average molecular weight is 314 g/mol. The van der Waals surface area contributed by atoms with Gasteiger partial charge in [0.1, 0.15) is 0 Å². The Balaban J connectivity index is 2.40. The summed E-state index contributed by atoms with van der Waals surface area (Å²) in [6, 6.07) is 3.29. The second kappa shape index (κ2) is 5.24. The smallest absolute Gasteiger partial charge is 0.243 e. The molecule has 6 heteroatoms. The van der Waals surface area contributed by atoms with Crippen molar-refractivity contribution >= 4 is 27.5 Å². The minimum atomic E-state index is -3.45. The first kappa shape index (κ1) is 15.7. The number of hydrogen-bond acceptors (Lipinski definition) is 4. The Morgan fingerprint density at radius 3 is 2.50 bits per heavy atom. The van der Waals surface area contributed by atoms with Crippen LogP contribution in [0, 0.1) is 13.8 Å². The summed E-state index contributed by atoms with van der Waals surface area (Å²) < 4.78 is 27.0. The van der Waals surface area contributed by atoms with Crippen LogP contribution in [0.2, 0.25) is 0 Å². The molecule has 0 aromatic heterocycles. The van der Waals surface area contributed by atoms with E-state index in [4.69, 9.17) is 5.73 Å². The van der Waals surface area contributed by atoms with Gasteiger partial charge in [-0.05, 0) is 51.0 Å². The van der Waals surface area contributed by atoms with Gasteiger partial charge in [0.15, 0.2) is 0 Å². The van der Waals surface area contributed by atoms with E-state index in [1.165, 1.54) is 0 Å². The first-order chi connectivity index (χ1) is 9.13. The third-order valence-corrected chi connectivity index (χ3v) is 6.83. The normalized spacial score (nSPS) is 20.0. The zero-order chi connectivity index (χ0) is 15.1. The van der Waals surface area contributed by atoms with Crippen LogP contribution in [0.4, 0.5) is 5.69 Å². The minimum absolute atomic E-state index is 0.0450. The molecule has 0 saturated carbocycles. The largest absolute Gasteiger partial charge is 0.398 e. The van der Waals surface area contributed by atoms with Gasteiger partial charge in [0, 0.05) is 29.3 Å². The molecule has 1 saturated heterocycles. The molecule has 20 heavy (non-hydrogen) atoms. The van der Waals surface area contributed by atoms with E-state index in [1.807, 2.05) is 25.6 Å². The summed E-state index contributed by atoms with van der Waals surface area (Å²) in [6.07, 6.45) is 0. The van der Waals surface area contributed by atoms with Crippen molar-refractivity contribution in [3.8, 4) is 0 Å². The molecule has 0 radical (unpaired) electrons. The summed E-state index contributed by atoms with van der Waals surface area (Å²) in [6.45, 7) is 9.04. The first-order valence-corrected chi connectivity index (χ1v) is 9.07. The summed E-state index contributed by atoms with van der Waals surface area (Å²) in [5, 5.41) is 0. The summed E-state index contributed by atoms with van der Waals surface area (Å²) in [5.41, 5.74) is 8.30. The van der Waals surface area contributed by atoms with Gasteiger partial charge in [-0.2, -0.15) is 16.1 Å². The maximum atomic E-state index is 12.8. The topological polar surface area (TPSA) is 63.4 Å². The van der Waals surface area contributed by atoms with Gasteiger partial charge >= 0.3 is 0 Å². The first-order valence-electron chi connectivity index (χ1n) is 6.64. The number of rotatable bonds is 2. The number of anilines is 1. The van der Waals surface area contributed by atoms with E-state index >= 15 is 0 Å². The number of nitrogen functional groups attached to an aromatic ring is 1. The lowest BCUT2D eigenvalue weighted by Gasteiger charge is -2.36. The molecule has 2 rings (SSSR count). The number of thioether (sulfide) groups is 1. The van der Waals surface area contributed by atoms with Crippen molar-refractivity contribution in [3.63, 3.8) is 0 Å². The summed E-state index contributed by atoms with van der Waals surface area (Å²) in [7, 11) is -3.45. The average Bonchev–Trinajstić information content (AvgIpc) is 2.34. The molecule has 0 spiro atoms. The molecule has 0 atom stereocenters.